The smallest absolute Gasteiger partial charge is 0.270 e. The summed E-state index contributed by atoms with van der Waals surface area (Å²) < 4.78 is 0. The fourth-order valence-electron chi connectivity index (χ4n) is 2.61. The van der Waals surface area contributed by atoms with Crippen LogP contribution in [0.5, 0.6) is 0 Å². The first kappa shape index (κ1) is 16.9. The van der Waals surface area contributed by atoms with E-state index in [2.05, 4.69) is 10.3 Å². The molecule has 0 aliphatic carbocycles. The van der Waals surface area contributed by atoms with Crippen LogP contribution in [0.25, 0.3) is 10.6 Å². The summed E-state index contributed by atoms with van der Waals surface area (Å²) in [7, 11) is 0. The molecule has 2 aromatic rings. The molecule has 1 aromatic carbocycles. The number of nitrogens with zero attached hydrogens (tertiary/aromatic N) is 2. The van der Waals surface area contributed by atoms with Crippen molar-refractivity contribution in [2.45, 2.75) is 19.3 Å². The van der Waals surface area contributed by atoms with Gasteiger partial charge in [-0.3, -0.25) is 9.59 Å². The molecule has 1 aromatic heterocycles. The Morgan fingerprint density at radius 1 is 1.33 bits per heavy atom. The average molecular weight is 364 g/mol. The van der Waals surface area contributed by atoms with Gasteiger partial charge in [-0.05, 0) is 25.0 Å². The standard InChI is InChI=1S/C17H18ClN3O2S/c18-13-6-4-12(5-7-13)17-20-14(11-24-17)16(23)19-8-2-10-21-9-1-3-15(21)22/h4-7,11H,1-3,8-10H2,(H,19,23). The predicted molar refractivity (Wildman–Crippen MR) is 95.3 cm³/mol. The molecule has 3 rings (SSSR count). The molecule has 7 heteroatoms. The van der Waals surface area contributed by atoms with Crippen LogP contribution in [0.4, 0.5) is 0 Å². The van der Waals surface area contributed by atoms with E-state index in [0.29, 0.717) is 30.2 Å². The molecule has 0 bridgehead atoms. The molecule has 2 heterocycles. The van der Waals surface area contributed by atoms with E-state index in [1.54, 1.807) is 17.5 Å². The van der Waals surface area contributed by atoms with Crippen LogP contribution in [0, 0.1) is 0 Å². The van der Waals surface area contributed by atoms with Crippen molar-refractivity contribution in [1.29, 1.82) is 0 Å². The third kappa shape index (κ3) is 4.13. The van der Waals surface area contributed by atoms with Gasteiger partial charge in [-0.25, -0.2) is 4.98 Å². The van der Waals surface area contributed by atoms with E-state index < -0.39 is 0 Å². The summed E-state index contributed by atoms with van der Waals surface area (Å²) in [4.78, 5) is 29.9. The lowest BCUT2D eigenvalue weighted by Gasteiger charge is -2.14. The van der Waals surface area contributed by atoms with Crippen molar-refractivity contribution in [3.8, 4) is 10.6 Å². The van der Waals surface area contributed by atoms with Crippen molar-refractivity contribution < 1.29 is 9.59 Å². The number of aromatic nitrogens is 1. The maximum Gasteiger partial charge on any atom is 0.270 e. The molecule has 126 valence electrons. The molecule has 24 heavy (non-hydrogen) atoms. The van der Waals surface area contributed by atoms with Crippen molar-refractivity contribution in [1.82, 2.24) is 15.2 Å². The number of hydrogen-bond donors (Lipinski definition) is 1. The highest BCUT2D eigenvalue weighted by Crippen LogP contribution is 2.25. The minimum absolute atomic E-state index is 0.181. The van der Waals surface area contributed by atoms with E-state index in [9.17, 15) is 9.59 Å². The Morgan fingerprint density at radius 3 is 2.83 bits per heavy atom. The normalized spacial score (nSPS) is 14.2. The number of amides is 2. The van der Waals surface area contributed by atoms with Gasteiger partial charge in [-0.1, -0.05) is 23.7 Å². The summed E-state index contributed by atoms with van der Waals surface area (Å²) in [5, 5.41) is 6.07. The molecule has 0 radical (unpaired) electrons. The summed E-state index contributed by atoms with van der Waals surface area (Å²) in [6, 6.07) is 7.38. The summed E-state index contributed by atoms with van der Waals surface area (Å²) in [5.74, 6) is 0.0349. The number of hydrogen-bond acceptors (Lipinski definition) is 4. The van der Waals surface area contributed by atoms with Crippen molar-refractivity contribution in [2.75, 3.05) is 19.6 Å². The minimum Gasteiger partial charge on any atom is -0.351 e. The van der Waals surface area contributed by atoms with Gasteiger partial charge in [0.25, 0.3) is 5.91 Å². The number of thiazole rings is 1. The van der Waals surface area contributed by atoms with Gasteiger partial charge in [0.15, 0.2) is 0 Å². The van der Waals surface area contributed by atoms with Crippen LogP contribution in [0.15, 0.2) is 29.6 Å². The topological polar surface area (TPSA) is 62.3 Å². The molecule has 1 fully saturated rings. The molecule has 0 spiro atoms. The van der Waals surface area contributed by atoms with Gasteiger partial charge in [0.1, 0.15) is 10.7 Å². The van der Waals surface area contributed by atoms with Crippen molar-refractivity contribution in [2.24, 2.45) is 0 Å². The molecule has 1 aliphatic heterocycles. The number of nitrogens with one attached hydrogen (secondary N) is 1. The predicted octanol–water partition coefficient (Wildman–Crippen LogP) is 3.21. The molecular weight excluding hydrogens is 346 g/mol. The highest BCUT2D eigenvalue weighted by atomic mass is 35.5. The van der Waals surface area contributed by atoms with Gasteiger partial charge < -0.3 is 10.2 Å². The van der Waals surface area contributed by atoms with E-state index in [1.165, 1.54) is 11.3 Å². The number of likely N-dealkylation sites (tertiary alicyclic amines) is 1. The Labute approximate surface area is 149 Å². The molecule has 1 aliphatic rings. The molecule has 1 saturated heterocycles. The number of rotatable bonds is 6. The monoisotopic (exact) mass is 363 g/mol. The van der Waals surface area contributed by atoms with Gasteiger partial charge in [0, 0.05) is 42.0 Å². The molecule has 2 amide bonds. The summed E-state index contributed by atoms with van der Waals surface area (Å²) in [6.45, 7) is 2.08. The lowest BCUT2D eigenvalue weighted by Crippen LogP contribution is -2.30. The molecule has 0 atom stereocenters. The molecular formula is C17H18ClN3O2S. The zero-order chi connectivity index (χ0) is 16.9. The zero-order valence-corrected chi connectivity index (χ0v) is 14.7. The summed E-state index contributed by atoms with van der Waals surface area (Å²) in [6.07, 6.45) is 2.35. The minimum atomic E-state index is -0.181. The zero-order valence-electron chi connectivity index (χ0n) is 13.1. The highest BCUT2D eigenvalue weighted by Gasteiger charge is 2.19. The lowest BCUT2D eigenvalue weighted by atomic mass is 10.2. The summed E-state index contributed by atoms with van der Waals surface area (Å²) >= 11 is 7.31. The molecule has 5 nitrogen and oxygen atoms in total. The average Bonchev–Trinajstić information content (AvgIpc) is 3.22. The second kappa shape index (κ2) is 7.77. The summed E-state index contributed by atoms with van der Waals surface area (Å²) in [5.41, 5.74) is 1.36. The van der Waals surface area contributed by atoms with Crippen molar-refractivity contribution >= 4 is 34.8 Å². The van der Waals surface area contributed by atoms with Gasteiger partial charge in [0.2, 0.25) is 5.91 Å². The first-order valence-electron chi connectivity index (χ1n) is 7.91. The quantitative estimate of drug-likeness (QED) is 0.801. The Kier molecular flexibility index (Phi) is 5.48. The highest BCUT2D eigenvalue weighted by molar-refractivity contribution is 7.13. The van der Waals surface area contributed by atoms with Gasteiger partial charge in [-0.15, -0.1) is 11.3 Å². The van der Waals surface area contributed by atoms with Gasteiger partial charge in [-0.2, -0.15) is 0 Å². The maximum absolute atomic E-state index is 12.1. The number of benzene rings is 1. The Balaban J connectivity index is 1.48. The van der Waals surface area contributed by atoms with Gasteiger partial charge in [0.05, 0.1) is 0 Å². The molecule has 0 saturated carbocycles. The number of carbonyl (C=O) groups excluding carboxylic acids is 2. The van der Waals surface area contributed by atoms with Crippen molar-refractivity contribution in [3.05, 3.63) is 40.4 Å². The fraction of sp³-hybridized carbons (Fsp3) is 0.353. The van der Waals surface area contributed by atoms with E-state index >= 15 is 0 Å². The first-order valence-corrected chi connectivity index (χ1v) is 9.17. The van der Waals surface area contributed by atoms with E-state index in [4.69, 9.17) is 11.6 Å². The van der Waals surface area contributed by atoms with Crippen LogP contribution in [0.3, 0.4) is 0 Å². The van der Waals surface area contributed by atoms with E-state index in [1.807, 2.05) is 17.0 Å². The van der Waals surface area contributed by atoms with E-state index in [-0.39, 0.29) is 11.8 Å². The Hall–Kier alpha value is -1.92. The molecule has 1 N–H and O–H groups in total. The van der Waals surface area contributed by atoms with Gasteiger partial charge >= 0.3 is 0 Å². The van der Waals surface area contributed by atoms with Crippen LogP contribution >= 0.6 is 22.9 Å². The third-order valence-electron chi connectivity index (χ3n) is 3.89. The maximum atomic E-state index is 12.1. The first-order chi connectivity index (χ1) is 11.6. The third-order valence-corrected chi connectivity index (χ3v) is 5.03. The largest absolute Gasteiger partial charge is 0.351 e. The van der Waals surface area contributed by atoms with Crippen LogP contribution in [0.2, 0.25) is 5.02 Å². The number of carbonyl (C=O) groups is 2. The lowest BCUT2D eigenvalue weighted by molar-refractivity contribution is -0.127. The second-order valence-electron chi connectivity index (χ2n) is 5.64. The van der Waals surface area contributed by atoms with Crippen LogP contribution in [-0.2, 0) is 4.79 Å². The Morgan fingerprint density at radius 2 is 2.12 bits per heavy atom. The van der Waals surface area contributed by atoms with E-state index in [0.717, 1.165) is 30.0 Å². The van der Waals surface area contributed by atoms with Crippen LogP contribution in [-0.4, -0.2) is 41.3 Å². The number of halogens is 1. The van der Waals surface area contributed by atoms with Crippen LogP contribution in [0.1, 0.15) is 29.8 Å². The SMILES string of the molecule is O=C(NCCCN1CCCC1=O)c1csc(-c2ccc(Cl)cc2)n1. The Bertz CT molecular complexity index is 730. The van der Waals surface area contributed by atoms with Crippen molar-refractivity contribution in [3.63, 3.8) is 0 Å². The fourth-order valence-corrected chi connectivity index (χ4v) is 3.54. The second-order valence-corrected chi connectivity index (χ2v) is 6.93. The molecule has 0 unspecified atom stereocenters. The van der Waals surface area contributed by atoms with Crippen LogP contribution < -0.4 is 5.32 Å².